The van der Waals surface area contributed by atoms with E-state index in [1.54, 1.807) is 0 Å². The lowest BCUT2D eigenvalue weighted by atomic mass is 9.86. The topological polar surface area (TPSA) is 17.8 Å². The van der Waals surface area contributed by atoms with Crippen molar-refractivity contribution in [2.24, 2.45) is 0 Å². The van der Waals surface area contributed by atoms with Gasteiger partial charge in [-0.05, 0) is 96.7 Å². The molecule has 0 bridgehead atoms. The Morgan fingerprint density at radius 1 is 0.347 bits per heavy atom. The highest BCUT2D eigenvalue weighted by molar-refractivity contribution is 6.23. The maximum absolute atomic E-state index is 4.22. The van der Waals surface area contributed by atoms with Crippen molar-refractivity contribution in [3.05, 3.63) is 182 Å². The fraction of sp³-hybridized carbons (Fsp3) is 0. The Kier molecular flexibility index (Phi) is 6.22. The number of hydrogen-bond acceptors (Lipinski definition) is 1. The summed E-state index contributed by atoms with van der Waals surface area (Å²) in [5.41, 5.74) is 10.9. The number of aromatic nitrogens is 2. The Morgan fingerprint density at radius 3 is 1.57 bits per heavy atom. The molecule has 2 heterocycles. The van der Waals surface area contributed by atoms with Gasteiger partial charge in [0.25, 0.3) is 0 Å². The maximum Gasteiger partial charge on any atom is 0.0619 e. The molecule has 10 rings (SSSR count). The second-order valence-electron chi connectivity index (χ2n) is 12.7. The molecule has 0 unspecified atom stereocenters. The zero-order valence-corrected chi connectivity index (χ0v) is 26.7. The van der Waals surface area contributed by atoms with E-state index in [1.807, 2.05) is 12.4 Å². The van der Waals surface area contributed by atoms with Gasteiger partial charge >= 0.3 is 0 Å². The number of para-hydroxylation sites is 1. The average Bonchev–Trinajstić information content (AvgIpc) is 3.51. The summed E-state index contributed by atoms with van der Waals surface area (Å²) in [6, 6.07) is 62.0. The Labute approximate surface area is 284 Å². The molecule has 0 aliphatic carbocycles. The lowest BCUT2D eigenvalue weighted by Gasteiger charge is -2.18. The Balaban J connectivity index is 1.29. The molecule has 49 heavy (non-hydrogen) atoms. The minimum atomic E-state index is 1.15. The molecular formula is C47H30N2. The van der Waals surface area contributed by atoms with Gasteiger partial charge in [-0.2, -0.15) is 0 Å². The van der Waals surface area contributed by atoms with Gasteiger partial charge in [0.1, 0.15) is 0 Å². The first-order chi connectivity index (χ1) is 24.3. The number of pyridine rings is 1. The molecule has 228 valence electrons. The van der Waals surface area contributed by atoms with Crippen molar-refractivity contribution in [1.82, 2.24) is 9.55 Å². The van der Waals surface area contributed by atoms with Crippen LogP contribution in [0, 0.1) is 0 Å². The minimum Gasteiger partial charge on any atom is -0.309 e. The smallest absolute Gasteiger partial charge is 0.0619 e. The highest BCUT2D eigenvalue weighted by Gasteiger charge is 2.20. The van der Waals surface area contributed by atoms with Crippen molar-refractivity contribution in [2.45, 2.75) is 0 Å². The molecule has 0 aliphatic rings. The van der Waals surface area contributed by atoms with E-state index < -0.39 is 0 Å². The van der Waals surface area contributed by atoms with Gasteiger partial charge in [0.05, 0.1) is 11.0 Å². The molecule has 0 saturated carbocycles. The van der Waals surface area contributed by atoms with Crippen LogP contribution in [0.3, 0.4) is 0 Å². The van der Waals surface area contributed by atoms with Crippen LogP contribution in [-0.4, -0.2) is 9.55 Å². The standard InChI is InChI=1S/C47H30N2/c1-3-11-32(12-4-1)45-39-15-7-9-17-41(39)46(42-18-10-8-16-40(42)45)35-21-23-38-43-24-20-34-29-33(31-25-27-48-28-26-31)19-22-37(34)47(43)49(44(38)30-35)36-13-5-2-6-14-36/h1-30H. The molecule has 0 amide bonds. The molecule has 2 nitrogen and oxygen atoms in total. The SMILES string of the molecule is c1ccc(-c2c3ccccc3c(-c3ccc4c5ccc6cc(-c7ccncc7)ccc6c5n(-c5ccccc5)c4c3)c3ccccc23)cc1. The molecule has 2 aromatic heterocycles. The molecule has 10 aromatic rings. The number of hydrogen-bond donors (Lipinski definition) is 0. The first-order valence-corrected chi connectivity index (χ1v) is 16.8. The summed E-state index contributed by atoms with van der Waals surface area (Å²) in [5, 5.41) is 10.0. The van der Waals surface area contributed by atoms with E-state index >= 15 is 0 Å². The van der Waals surface area contributed by atoms with Gasteiger partial charge in [-0.25, -0.2) is 0 Å². The van der Waals surface area contributed by atoms with Crippen LogP contribution >= 0.6 is 0 Å². The minimum absolute atomic E-state index is 1.15. The average molecular weight is 623 g/mol. The second kappa shape index (κ2) is 11.0. The van der Waals surface area contributed by atoms with Crippen molar-refractivity contribution in [2.75, 3.05) is 0 Å². The van der Waals surface area contributed by atoms with E-state index in [-0.39, 0.29) is 0 Å². The lowest BCUT2D eigenvalue weighted by Crippen LogP contribution is -1.95. The fourth-order valence-corrected chi connectivity index (χ4v) is 7.92. The Bertz CT molecular complexity index is 2790. The maximum atomic E-state index is 4.22. The molecule has 0 aliphatic heterocycles. The zero-order valence-electron chi connectivity index (χ0n) is 26.7. The van der Waals surface area contributed by atoms with Crippen LogP contribution < -0.4 is 0 Å². The molecule has 0 fully saturated rings. The third-order valence-corrected chi connectivity index (χ3v) is 10.1. The van der Waals surface area contributed by atoms with Crippen LogP contribution in [-0.2, 0) is 0 Å². The molecule has 0 N–H and O–H groups in total. The molecule has 0 spiro atoms. The number of fused-ring (bicyclic) bond motifs is 7. The number of rotatable bonds is 4. The third kappa shape index (κ3) is 4.31. The van der Waals surface area contributed by atoms with Gasteiger partial charge in [0.2, 0.25) is 0 Å². The van der Waals surface area contributed by atoms with Crippen molar-refractivity contribution in [3.8, 4) is 39.1 Å². The summed E-state index contributed by atoms with van der Waals surface area (Å²) in [6.07, 6.45) is 3.71. The van der Waals surface area contributed by atoms with Crippen molar-refractivity contribution >= 4 is 54.1 Å². The molecule has 0 atom stereocenters. The van der Waals surface area contributed by atoms with Gasteiger partial charge in [-0.1, -0.05) is 133 Å². The Morgan fingerprint density at radius 2 is 0.898 bits per heavy atom. The van der Waals surface area contributed by atoms with Gasteiger partial charge in [-0.15, -0.1) is 0 Å². The first-order valence-electron chi connectivity index (χ1n) is 16.8. The summed E-state index contributed by atoms with van der Waals surface area (Å²) >= 11 is 0. The molecule has 0 saturated heterocycles. The molecule has 0 radical (unpaired) electrons. The predicted molar refractivity (Wildman–Crippen MR) is 207 cm³/mol. The van der Waals surface area contributed by atoms with E-state index in [2.05, 4.69) is 179 Å². The number of nitrogens with zero attached hydrogens (tertiary/aromatic N) is 2. The van der Waals surface area contributed by atoms with E-state index in [1.165, 1.54) is 87.5 Å². The van der Waals surface area contributed by atoms with Crippen LogP contribution in [0.25, 0.3) is 93.2 Å². The fourth-order valence-electron chi connectivity index (χ4n) is 7.92. The highest BCUT2D eigenvalue weighted by Crippen LogP contribution is 2.45. The summed E-state index contributed by atoms with van der Waals surface area (Å²) in [7, 11) is 0. The van der Waals surface area contributed by atoms with Crippen LogP contribution in [0.15, 0.2) is 182 Å². The monoisotopic (exact) mass is 622 g/mol. The van der Waals surface area contributed by atoms with Crippen molar-refractivity contribution in [3.63, 3.8) is 0 Å². The summed E-state index contributed by atoms with van der Waals surface area (Å²) in [5.74, 6) is 0. The molecular weight excluding hydrogens is 593 g/mol. The Hall–Kier alpha value is -6.51. The van der Waals surface area contributed by atoms with E-state index in [9.17, 15) is 0 Å². The largest absolute Gasteiger partial charge is 0.309 e. The van der Waals surface area contributed by atoms with Crippen LogP contribution in [0.4, 0.5) is 0 Å². The summed E-state index contributed by atoms with van der Waals surface area (Å²) in [6.45, 7) is 0. The third-order valence-electron chi connectivity index (χ3n) is 10.1. The summed E-state index contributed by atoms with van der Waals surface area (Å²) < 4.78 is 2.46. The zero-order chi connectivity index (χ0) is 32.3. The molecule has 8 aromatic carbocycles. The van der Waals surface area contributed by atoms with Gasteiger partial charge in [0.15, 0.2) is 0 Å². The van der Waals surface area contributed by atoms with Crippen molar-refractivity contribution < 1.29 is 0 Å². The van der Waals surface area contributed by atoms with Crippen LogP contribution in [0.1, 0.15) is 0 Å². The molecule has 2 heteroatoms. The van der Waals surface area contributed by atoms with Gasteiger partial charge < -0.3 is 4.57 Å². The van der Waals surface area contributed by atoms with Crippen LogP contribution in [0.5, 0.6) is 0 Å². The first kappa shape index (κ1) is 27.6. The van der Waals surface area contributed by atoms with E-state index in [4.69, 9.17) is 0 Å². The lowest BCUT2D eigenvalue weighted by molar-refractivity contribution is 1.19. The highest BCUT2D eigenvalue weighted by atomic mass is 15.0. The number of benzene rings is 8. The van der Waals surface area contributed by atoms with E-state index in [0.29, 0.717) is 0 Å². The van der Waals surface area contributed by atoms with Crippen molar-refractivity contribution in [1.29, 1.82) is 0 Å². The second-order valence-corrected chi connectivity index (χ2v) is 12.7. The predicted octanol–water partition coefficient (Wildman–Crippen LogP) is 12.6. The quantitative estimate of drug-likeness (QED) is 0.179. The normalized spacial score (nSPS) is 11.7. The summed E-state index contributed by atoms with van der Waals surface area (Å²) in [4.78, 5) is 4.22. The van der Waals surface area contributed by atoms with Gasteiger partial charge in [0, 0.05) is 34.2 Å². The van der Waals surface area contributed by atoms with E-state index in [0.717, 1.165) is 5.69 Å². The van der Waals surface area contributed by atoms with Crippen LogP contribution in [0.2, 0.25) is 0 Å². The van der Waals surface area contributed by atoms with Gasteiger partial charge in [-0.3, -0.25) is 4.98 Å².